The summed E-state index contributed by atoms with van der Waals surface area (Å²) in [5, 5.41) is 2.69. The molecular formula is C22H29N2O5P. The van der Waals surface area contributed by atoms with Crippen molar-refractivity contribution in [2.45, 2.75) is 39.4 Å². The molecule has 0 aliphatic carbocycles. The molecule has 0 unspecified atom stereocenters. The lowest BCUT2D eigenvalue weighted by molar-refractivity contribution is -0.119. The highest BCUT2D eigenvalue weighted by atomic mass is 31.2. The summed E-state index contributed by atoms with van der Waals surface area (Å²) in [4.78, 5) is 24.4. The Labute approximate surface area is 177 Å². The first kappa shape index (κ1) is 23.8. The number of primary amides is 1. The van der Waals surface area contributed by atoms with Gasteiger partial charge >= 0.3 is 7.60 Å². The minimum absolute atomic E-state index is 0.119. The number of nitrogens with two attached hydrogens (primary N) is 1. The number of aryl methyl sites for hydroxylation is 1. The second kappa shape index (κ2) is 11.1. The van der Waals surface area contributed by atoms with Crippen molar-refractivity contribution >= 4 is 19.4 Å². The number of carbonyl (C=O) groups is 2. The number of amides is 2. The molecule has 2 amide bonds. The van der Waals surface area contributed by atoms with E-state index in [9.17, 15) is 14.2 Å². The molecule has 162 valence electrons. The van der Waals surface area contributed by atoms with Gasteiger partial charge in [0.15, 0.2) is 0 Å². The topological polar surface area (TPSA) is 108 Å². The van der Waals surface area contributed by atoms with Crippen LogP contribution in [0.5, 0.6) is 0 Å². The van der Waals surface area contributed by atoms with Crippen molar-refractivity contribution in [3.8, 4) is 0 Å². The molecule has 3 N–H and O–H groups in total. The van der Waals surface area contributed by atoms with E-state index < -0.39 is 25.5 Å². The van der Waals surface area contributed by atoms with Gasteiger partial charge in [0.05, 0.1) is 19.4 Å². The summed E-state index contributed by atoms with van der Waals surface area (Å²) in [7, 11) is -3.22. The highest BCUT2D eigenvalue weighted by molar-refractivity contribution is 7.53. The molecule has 0 saturated heterocycles. The van der Waals surface area contributed by atoms with E-state index in [0.717, 1.165) is 16.7 Å². The Bertz CT molecular complexity index is 904. The molecule has 1 atom stereocenters. The van der Waals surface area contributed by atoms with Crippen molar-refractivity contribution in [3.05, 3.63) is 70.8 Å². The van der Waals surface area contributed by atoms with E-state index in [4.69, 9.17) is 14.8 Å². The Hall–Kier alpha value is -2.47. The molecule has 0 aliphatic heterocycles. The molecule has 2 aromatic rings. The summed E-state index contributed by atoms with van der Waals surface area (Å²) in [6, 6.07) is 13.5. The zero-order valence-corrected chi connectivity index (χ0v) is 18.5. The average molecular weight is 432 g/mol. The van der Waals surface area contributed by atoms with Crippen LogP contribution in [0.15, 0.2) is 48.5 Å². The fraction of sp³-hybridized carbons (Fsp3) is 0.364. The number of hydrogen-bond donors (Lipinski definition) is 2. The second-order valence-electron chi connectivity index (χ2n) is 6.92. The molecule has 0 fully saturated rings. The lowest BCUT2D eigenvalue weighted by atomic mass is 10.0. The van der Waals surface area contributed by atoms with E-state index >= 15 is 0 Å². The first-order chi connectivity index (χ1) is 14.3. The summed E-state index contributed by atoms with van der Waals surface area (Å²) < 4.78 is 23.2. The van der Waals surface area contributed by atoms with Crippen LogP contribution in [0.2, 0.25) is 0 Å². The van der Waals surface area contributed by atoms with E-state index in [-0.39, 0.29) is 19.4 Å². The molecule has 0 aromatic heterocycles. The van der Waals surface area contributed by atoms with E-state index in [1.165, 1.54) is 0 Å². The first-order valence-corrected chi connectivity index (χ1v) is 11.6. The fourth-order valence-corrected chi connectivity index (χ4v) is 4.75. The van der Waals surface area contributed by atoms with Crippen LogP contribution in [0, 0.1) is 6.92 Å². The Kier molecular flexibility index (Phi) is 8.78. The summed E-state index contributed by atoms with van der Waals surface area (Å²) in [5.74, 6) is -1.01. The molecule has 0 heterocycles. The van der Waals surface area contributed by atoms with Crippen molar-refractivity contribution in [3.63, 3.8) is 0 Å². The smallest absolute Gasteiger partial charge is 0.335 e. The molecule has 0 spiro atoms. The molecule has 0 bridgehead atoms. The van der Waals surface area contributed by atoms with E-state index in [1.807, 2.05) is 31.2 Å². The molecule has 7 nitrogen and oxygen atoms in total. The minimum Gasteiger partial charge on any atom is -0.368 e. The molecule has 0 radical (unpaired) electrons. The average Bonchev–Trinajstić information content (AvgIpc) is 2.68. The molecule has 0 saturated carbocycles. The zero-order valence-electron chi connectivity index (χ0n) is 17.6. The molecule has 0 aliphatic rings. The lowest BCUT2D eigenvalue weighted by Crippen LogP contribution is -2.45. The maximum atomic E-state index is 12.6. The first-order valence-electron chi connectivity index (χ1n) is 9.89. The quantitative estimate of drug-likeness (QED) is 0.528. The number of benzene rings is 2. The van der Waals surface area contributed by atoms with E-state index in [1.54, 1.807) is 38.1 Å². The van der Waals surface area contributed by atoms with E-state index in [2.05, 4.69) is 5.32 Å². The van der Waals surface area contributed by atoms with Crippen molar-refractivity contribution in [1.82, 2.24) is 5.32 Å². The highest BCUT2D eigenvalue weighted by Crippen LogP contribution is 2.51. The van der Waals surface area contributed by atoms with Gasteiger partial charge in [-0.1, -0.05) is 42.0 Å². The van der Waals surface area contributed by atoms with Crippen molar-refractivity contribution < 1.29 is 23.2 Å². The van der Waals surface area contributed by atoms with Crippen LogP contribution in [0.1, 0.15) is 40.9 Å². The van der Waals surface area contributed by atoms with Gasteiger partial charge in [0.1, 0.15) is 6.04 Å². The van der Waals surface area contributed by atoms with Gasteiger partial charge in [-0.3, -0.25) is 14.2 Å². The van der Waals surface area contributed by atoms with Crippen molar-refractivity contribution in [1.29, 1.82) is 0 Å². The number of nitrogens with one attached hydrogen (secondary N) is 1. The maximum Gasteiger partial charge on any atom is 0.335 e. The predicted molar refractivity (Wildman–Crippen MR) is 116 cm³/mol. The van der Waals surface area contributed by atoms with Gasteiger partial charge in [0.25, 0.3) is 5.91 Å². The van der Waals surface area contributed by atoms with Gasteiger partial charge in [-0.05, 0) is 44.0 Å². The van der Waals surface area contributed by atoms with Gasteiger partial charge in [-0.25, -0.2) is 0 Å². The van der Waals surface area contributed by atoms with Gasteiger partial charge in [-0.15, -0.1) is 0 Å². The van der Waals surface area contributed by atoms with Crippen LogP contribution >= 0.6 is 7.60 Å². The molecule has 2 rings (SSSR count). The fourth-order valence-electron chi connectivity index (χ4n) is 3.05. The molecular weight excluding hydrogens is 403 g/mol. The molecule has 30 heavy (non-hydrogen) atoms. The third kappa shape index (κ3) is 7.10. The van der Waals surface area contributed by atoms with Crippen LogP contribution in [0.4, 0.5) is 0 Å². The lowest BCUT2D eigenvalue weighted by Gasteiger charge is -2.18. The molecule has 2 aromatic carbocycles. The van der Waals surface area contributed by atoms with Crippen LogP contribution in [0.25, 0.3) is 0 Å². The Balaban J connectivity index is 2.06. The zero-order chi connectivity index (χ0) is 22.1. The molecule has 8 heteroatoms. The van der Waals surface area contributed by atoms with Crippen LogP contribution in [-0.4, -0.2) is 31.1 Å². The normalized spacial score (nSPS) is 12.4. The number of hydrogen-bond acceptors (Lipinski definition) is 5. The van der Waals surface area contributed by atoms with Gasteiger partial charge in [0, 0.05) is 12.0 Å². The van der Waals surface area contributed by atoms with Gasteiger partial charge in [0.2, 0.25) is 5.91 Å². The largest absolute Gasteiger partial charge is 0.368 e. The maximum absolute atomic E-state index is 12.6. The Morgan fingerprint density at radius 3 is 2.20 bits per heavy atom. The van der Waals surface area contributed by atoms with Crippen LogP contribution < -0.4 is 11.1 Å². The summed E-state index contributed by atoms with van der Waals surface area (Å²) in [5.41, 5.74) is 8.56. The highest BCUT2D eigenvalue weighted by Gasteiger charge is 2.24. The van der Waals surface area contributed by atoms with Crippen molar-refractivity contribution in [2.24, 2.45) is 5.73 Å². The van der Waals surface area contributed by atoms with Crippen molar-refractivity contribution in [2.75, 3.05) is 13.2 Å². The van der Waals surface area contributed by atoms with Gasteiger partial charge in [-0.2, -0.15) is 0 Å². The third-order valence-electron chi connectivity index (χ3n) is 4.42. The summed E-state index contributed by atoms with van der Waals surface area (Å²) >= 11 is 0. The Morgan fingerprint density at radius 1 is 1.03 bits per heavy atom. The van der Waals surface area contributed by atoms with Crippen LogP contribution in [0.3, 0.4) is 0 Å². The summed E-state index contributed by atoms with van der Waals surface area (Å²) in [6.45, 7) is 6.04. The monoisotopic (exact) mass is 432 g/mol. The SMILES string of the molecule is CCOP(=O)(Cc1ccc(C(=O)N[C@@H](Cc2cccc(C)c2)C(N)=O)cc1)OCC. The predicted octanol–water partition coefficient (Wildman–Crippen LogP) is 3.59. The summed E-state index contributed by atoms with van der Waals surface area (Å²) in [6.07, 6.45) is 0.431. The number of rotatable bonds is 11. The Morgan fingerprint density at radius 2 is 1.67 bits per heavy atom. The van der Waals surface area contributed by atoms with E-state index in [0.29, 0.717) is 12.0 Å². The van der Waals surface area contributed by atoms with Gasteiger partial charge < -0.3 is 20.1 Å². The standard InChI is InChI=1S/C22H29N2O5P/c1-4-28-30(27,29-5-2)15-17-9-11-19(12-10-17)22(26)24-20(21(23)25)14-18-8-6-7-16(3)13-18/h6-13,20H,4-5,14-15H2,1-3H3,(H2,23,25)(H,24,26)/t20-/m0/s1. The van der Waals surface area contributed by atoms with Crippen LogP contribution in [-0.2, 0) is 31.0 Å². The third-order valence-corrected chi connectivity index (χ3v) is 6.47. The second-order valence-corrected chi connectivity index (χ2v) is 8.98. The number of carbonyl (C=O) groups excluding carboxylic acids is 2. The minimum atomic E-state index is -3.22.